The molecule has 0 unspecified atom stereocenters. The van der Waals surface area contributed by atoms with Crippen LogP contribution in [0.4, 0.5) is 32.7 Å². The van der Waals surface area contributed by atoms with E-state index in [-0.39, 0.29) is 42.6 Å². The molecular weight excluding hydrogens is 475 g/mol. The minimum absolute atomic E-state index is 0.0102. The standard InChI is InChI=1S/C22H27F5N6O2/c1-5-14-16(29-19(30-17(14)22(25,26)27)32-7-6-15(32)18(23)24)12-8-28-33(9-12)13-10-31(11-13)20(34)35-21(2,3)4/h8-9,13,15,18H,5-7,10-11H2,1-4H3/t15-/m1/s1. The number of hydrogen-bond acceptors (Lipinski definition) is 6. The van der Waals surface area contributed by atoms with E-state index in [0.29, 0.717) is 18.7 Å². The molecule has 0 aromatic carbocycles. The number of nitrogens with zero attached hydrogens (tertiary/aromatic N) is 6. The van der Waals surface area contributed by atoms with Gasteiger partial charge in [0.2, 0.25) is 5.95 Å². The molecule has 4 heterocycles. The second-order valence-corrected chi connectivity index (χ2v) is 9.68. The minimum Gasteiger partial charge on any atom is -0.444 e. The summed E-state index contributed by atoms with van der Waals surface area (Å²) in [4.78, 5) is 22.7. The molecule has 35 heavy (non-hydrogen) atoms. The molecule has 0 aliphatic carbocycles. The van der Waals surface area contributed by atoms with Crippen LogP contribution in [-0.2, 0) is 17.3 Å². The van der Waals surface area contributed by atoms with Crippen molar-refractivity contribution in [1.29, 1.82) is 0 Å². The molecular formula is C22H27F5N6O2. The van der Waals surface area contributed by atoms with Gasteiger partial charge in [-0.3, -0.25) is 4.68 Å². The molecule has 0 spiro atoms. The quantitative estimate of drug-likeness (QED) is 0.559. The van der Waals surface area contributed by atoms with E-state index in [4.69, 9.17) is 4.74 Å². The van der Waals surface area contributed by atoms with Crippen LogP contribution in [0.2, 0.25) is 0 Å². The molecule has 8 nitrogen and oxygen atoms in total. The van der Waals surface area contributed by atoms with E-state index in [2.05, 4.69) is 15.1 Å². The van der Waals surface area contributed by atoms with Gasteiger partial charge in [-0.05, 0) is 33.6 Å². The third-order valence-corrected chi connectivity index (χ3v) is 5.99. The van der Waals surface area contributed by atoms with Gasteiger partial charge in [0.1, 0.15) is 5.60 Å². The van der Waals surface area contributed by atoms with Crippen molar-refractivity contribution in [3.05, 3.63) is 23.7 Å². The van der Waals surface area contributed by atoms with Crippen LogP contribution >= 0.6 is 0 Å². The Bertz CT molecular complexity index is 1090. The average molecular weight is 502 g/mol. The molecule has 2 aliphatic heterocycles. The molecule has 0 radical (unpaired) electrons. The first-order valence-corrected chi connectivity index (χ1v) is 11.3. The zero-order valence-electron chi connectivity index (χ0n) is 19.8. The van der Waals surface area contributed by atoms with Crippen molar-refractivity contribution in [1.82, 2.24) is 24.6 Å². The van der Waals surface area contributed by atoms with Gasteiger partial charge in [-0.15, -0.1) is 0 Å². The van der Waals surface area contributed by atoms with Crippen molar-refractivity contribution < 1.29 is 31.5 Å². The van der Waals surface area contributed by atoms with Crippen LogP contribution in [0.25, 0.3) is 11.3 Å². The van der Waals surface area contributed by atoms with Crippen LogP contribution < -0.4 is 4.90 Å². The summed E-state index contributed by atoms with van der Waals surface area (Å²) in [7, 11) is 0. The summed E-state index contributed by atoms with van der Waals surface area (Å²) in [6.07, 6.45) is -4.85. The second kappa shape index (κ2) is 8.90. The first kappa shape index (κ1) is 25.1. The summed E-state index contributed by atoms with van der Waals surface area (Å²) >= 11 is 0. The van der Waals surface area contributed by atoms with Gasteiger partial charge in [0.05, 0.1) is 24.0 Å². The Labute approximate surface area is 199 Å². The van der Waals surface area contributed by atoms with E-state index in [1.807, 2.05) is 0 Å². The molecule has 192 valence electrons. The molecule has 4 rings (SSSR count). The van der Waals surface area contributed by atoms with Crippen LogP contribution in [0, 0.1) is 0 Å². The Morgan fingerprint density at radius 2 is 1.89 bits per heavy atom. The summed E-state index contributed by atoms with van der Waals surface area (Å²) in [6.45, 7) is 7.68. The molecule has 2 aromatic rings. The number of aromatic nitrogens is 4. The summed E-state index contributed by atoms with van der Waals surface area (Å²) in [5.41, 5.74) is -1.55. The normalized spacial score (nSPS) is 19.1. The Morgan fingerprint density at radius 3 is 2.40 bits per heavy atom. The number of carbonyl (C=O) groups excluding carboxylic acids is 1. The molecule has 2 aromatic heterocycles. The van der Waals surface area contributed by atoms with Crippen molar-refractivity contribution in [3.63, 3.8) is 0 Å². The highest BCUT2D eigenvalue weighted by atomic mass is 19.4. The van der Waals surface area contributed by atoms with Crippen molar-refractivity contribution in [2.24, 2.45) is 0 Å². The third kappa shape index (κ3) is 5.03. The van der Waals surface area contributed by atoms with Gasteiger partial charge in [-0.2, -0.15) is 18.3 Å². The molecule has 0 bridgehead atoms. The summed E-state index contributed by atoms with van der Waals surface area (Å²) in [6, 6.07) is -1.39. The van der Waals surface area contributed by atoms with Gasteiger partial charge in [0, 0.05) is 37.0 Å². The molecule has 2 aliphatic rings. The van der Waals surface area contributed by atoms with Crippen LogP contribution in [0.3, 0.4) is 0 Å². The predicted molar refractivity (Wildman–Crippen MR) is 116 cm³/mol. The maximum absolute atomic E-state index is 13.9. The van der Waals surface area contributed by atoms with Gasteiger partial charge < -0.3 is 14.5 Å². The van der Waals surface area contributed by atoms with Crippen molar-refractivity contribution >= 4 is 12.0 Å². The lowest BCUT2D eigenvalue weighted by atomic mass is 10.0. The Hall–Kier alpha value is -2.99. The van der Waals surface area contributed by atoms with Gasteiger partial charge in [-0.25, -0.2) is 23.5 Å². The van der Waals surface area contributed by atoms with Crippen molar-refractivity contribution in [2.45, 2.75) is 70.8 Å². The number of rotatable bonds is 5. The monoisotopic (exact) mass is 502 g/mol. The van der Waals surface area contributed by atoms with Gasteiger partial charge >= 0.3 is 12.3 Å². The Morgan fingerprint density at radius 1 is 1.20 bits per heavy atom. The van der Waals surface area contributed by atoms with Gasteiger partial charge in [0.25, 0.3) is 6.43 Å². The average Bonchev–Trinajstić information content (AvgIpc) is 3.12. The SMILES string of the molecule is CCc1c(-c2cnn(C3CN(C(=O)OC(C)(C)C)C3)c2)nc(N2CC[C@@H]2C(F)F)nc1C(F)(F)F. The zero-order chi connectivity index (χ0) is 25.7. The van der Waals surface area contributed by atoms with Crippen molar-refractivity contribution in [2.75, 3.05) is 24.5 Å². The van der Waals surface area contributed by atoms with Gasteiger partial charge in [-0.1, -0.05) is 6.92 Å². The Kier molecular flexibility index (Phi) is 6.39. The number of carbonyl (C=O) groups is 1. The zero-order valence-corrected chi connectivity index (χ0v) is 19.8. The maximum atomic E-state index is 13.9. The van der Waals surface area contributed by atoms with E-state index in [9.17, 15) is 26.7 Å². The van der Waals surface area contributed by atoms with E-state index in [1.54, 1.807) is 38.6 Å². The van der Waals surface area contributed by atoms with Crippen LogP contribution in [0.1, 0.15) is 51.4 Å². The molecule has 13 heteroatoms. The lowest BCUT2D eigenvalue weighted by molar-refractivity contribution is -0.141. The molecule has 2 saturated heterocycles. The van der Waals surface area contributed by atoms with E-state index in [0.717, 1.165) is 4.90 Å². The second-order valence-electron chi connectivity index (χ2n) is 9.68. The highest BCUT2D eigenvalue weighted by molar-refractivity contribution is 5.69. The first-order chi connectivity index (χ1) is 16.3. The largest absolute Gasteiger partial charge is 0.444 e. The Balaban J connectivity index is 1.62. The first-order valence-electron chi connectivity index (χ1n) is 11.3. The lowest BCUT2D eigenvalue weighted by Gasteiger charge is -2.40. The van der Waals surface area contributed by atoms with Crippen LogP contribution in [0.5, 0.6) is 0 Å². The fraction of sp³-hybridized carbons (Fsp3) is 0.636. The van der Waals surface area contributed by atoms with Crippen molar-refractivity contribution in [3.8, 4) is 11.3 Å². The van der Waals surface area contributed by atoms with E-state index in [1.165, 1.54) is 11.1 Å². The number of alkyl halides is 5. The fourth-order valence-electron chi connectivity index (χ4n) is 4.08. The number of anilines is 1. The van der Waals surface area contributed by atoms with Crippen LogP contribution in [-0.4, -0.2) is 68.4 Å². The lowest BCUT2D eigenvalue weighted by Crippen LogP contribution is -2.53. The third-order valence-electron chi connectivity index (χ3n) is 5.99. The highest BCUT2D eigenvalue weighted by Crippen LogP contribution is 2.38. The molecule has 2 fully saturated rings. The maximum Gasteiger partial charge on any atom is 0.433 e. The summed E-state index contributed by atoms with van der Waals surface area (Å²) in [5, 5.41) is 4.26. The van der Waals surface area contributed by atoms with Gasteiger partial charge in [0.15, 0.2) is 5.69 Å². The molecule has 1 amide bonds. The van der Waals surface area contributed by atoms with E-state index < -0.39 is 36.0 Å². The minimum atomic E-state index is -4.78. The van der Waals surface area contributed by atoms with E-state index >= 15 is 0 Å². The number of ether oxygens (including phenoxy) is 1. The number of halogens is 5. The highest BCUT2D eigenvalue weighted by Gasteiger charge is 2.42. The number of likely N-dealkylation sites (tertiary alicyclic amines) is 1. The summed E-state index contributed by atoms with van der Waals surface area (Å²) < 4.78 is 75.0. The molecule has 1 atom stereocenters. The number of amides is 1. The predicted octanol–water partition coefficient (Wildman–Crippen LogP) is 4.56. The number of hydrogen-bond donors (Lipinski definition) is 0. The topological polar surface area (TPSA) is 76.4 Å². The molecule has 0 saturated carbocycles. The summed E-state index contributed by atoms with van der Waals surface area (Å²) in [5.74, 6) is -0.367. The van der Waals surface area contributed by atoms with Crippen LogP contribution in [0.15, 0.2) is 12.4 Å². The fourth-order valence-corrected chi connectivity index (χ4v) is 4.08. The smallest absolute Gasteiger partial charge is 0.433 e. The molecule has 0 N–H and O–H groups in total.